The minimum Gasteiger partial charge on any atom is -0.457 e. The van der Waals surface area contributed by atoms with Crippen LogP contribution in [0.2, 0.25) is 0 Å². The number of thiophene rings is 1. The Morgan fingerprint density at radius 2 is 1.04 bits per heavy atom. The number of para-hydroxylation sites is 2. The molecule has 0 N–H and O–H groups in total. The van der Waals surface area contributed by atoms with Crippen molar-refractivity contribution in [2.24, 2.45) is 0 Å². The third-order valence-electron chi connectivity index (χ3n) is 9.48. The fraction of sp³-hybridized carbons (Fsp3) is 0.0238. The molecule has 2 aromatic heterocycles. The van der Waals surface area contributed by atoms with Gasteiger partial charge in [-0.3, -0.25) is 0 Å². The number of hydrogen-bond donors (Lipinski definition) is 0. The summed E-state index contributed by atoms with van der Waals surface area (Å²) >= 11 is 1.80. The van der Waals surface area contributed by atoms with Gasteiger partial charge in [-0.1, -0.05) is 121 Å². The number of hydrogen-bond acceptors (Lipinski definition) is 5. The molecule has 3 heterocycles. The van der Waals surface area contributed by atoms with Crippen molar-refractivity contribution in [3.8, 4) is 56.8 Å². The van der Waals surface area contributed by atoms with E-state index in [-0.39, 0.29) is 0 Å². The van der Waals surface area contributed by atoms with Crippen LogP contribution in [0.4, 0.5) is 0 Å². The fourth-order valence-electron chi connectivity index (χ4n) is 7.48. The summed E-state index contributed by atoms with van der Waals surface area (Å²) in [6.07, 6.45) is 0. The molecular formula is C42H25N3OS. The normalized spacial score (nSPS) is 13.4. The quantitative estimate of drug-likeness (QED) is 0.197. The van der Waals surface area contributed by atoms with Crippen LogP contribution < -0.4 is 4.74 Å². The SMILES string of the molecule is c1ccc(-c2nc(-c3ccccc3)nc(-c3ccc4c(c3)C3(c5ccccc5Oc5ccccc53)c3ccc5ccsc5c3-4)n2)cc1. The van der Waals surface area contributed by atoms with Crippen LogP contribution in [0.3, 0.4) is 0 Å². The van der Waals surface area contributed by atoms with E-state index in [0.717, 1.165) is 39.3 Å². The topological polar surface area (TPSA) is 47.9 Å². The summed E-state index contributed by atoms with van der Waals surface area (Å²) in [5.74, 6) is 3.69. The van der Waals surface area contributed by atoms with Crippen molar-refractivity contribution < 1.29 is 4.74 Å². The van der Waals surface area contributed by atoms with E-state index in [0.29, 0.717) is 17.5 Å². The third kappa shape index (κ3) is 3.78. The highest BCUT2D eigenvalue weighted by molar-refractivity contribution is 7.17. The molecule has 0 saturated carbocycles. The van der Waals surface area contributed by atoms with Crippen LogP contribution in [-0.2, 0) is 5.41 Å². The smallest absolute Gasteiger partial charge is 0.164 e. The molecule has 5 heteroatoms. The molecule has 1 spiro atoms. The maximum Gasteiger partial charge on any atom is 0.164 e. The van der Waals surface area contributed by atoms with E-state index in [1.54, 1.807) is 11.3 Å². The number of nitrogens with zero attached hydrogens (tertiary/aromatic N) is 3. The van der Waals surface area contributed by atoms with Crippen molar-refractivity contribution in [2.45, 2.75) is 5.41 Å². The zero-order valence-electron chi connectivity index (χ0n) is 25.1. The Kier molecular flexibility index (Phi) is 5.63. The van der Waals surface area contributed by atoms with E-state index < -0.39 is 5.41 Å². The number of benzene rings is 6. The van der Waals surface area contributed by atoms with Crippen LogP contribution in [0, 0.1) is 0 Å². The standard InChI is InChI=1S/C42H25N3OS/c1-3-11-27(12-4-1)39-43-40(28-13-5-2-6-14-28)45-41(44-39)29-19-21-30-34(25-29)42(33-22-20-26-23-24-47-38(26)37(30)33)31-15-7-9-17-35(31)46-36-18-10-8-16-32(36)42/h1-25H. The lowest BCUT2D eigenvalue weighted by Crippen LogP contribution is -2.32. The van der Waals surface area contributed by atoms with Crippen molar-refractivity contribution in [2.75, 3.05) is 0 Å². The van der Waals surface area contributed by atoms with Crippen molar-refractivity contribution in [3.63, 3.8) is 0 Å². The van der Waals surface area contributed by atoms with E-state index >= 15 is 0 Å². The Labute approximate surface area is 275 Å². The highest BCUT2D eigenvalue weighted by atomic mass is 32.1. The summed E-state index contributed by atoms with van der Waals surface area (Å²) in [5, 5.41) is 3.45. The van der Waals surface area contributed by atoms with E-state index in [1.807, 2.05) is 60.7 Å². The summed E-state index contributed by atoms with van der Waals surface area (Å²) in [6, 6.07) is 50.8. The van der Waals surface area contributed by atoms with Gasteiger partial charge in [-0.2, -0.15) is 0 Å². The lowest BCUT2D eigenvalue weighted by atomic mass is 9.66. The molecule has 1 aliphatic heterocycles. The number of aromatic nitrogens is 3. The van der Waals surface area contributed by atoms with Crippen molar-refractivity contribution in [1.29, 1.82) is 0 Å². The van der Waals surface area contributed by atoms with Crippen LogP contribution >= 0.6 is 11.3 Å². The van der Waals surface area contributed by atoms with Crippen molar-refractivity contribution >= 4 is 21.4 Å². The molecule has 0 amide bonds. The first-order valence-corrected chi connectivity index (χ1v) is 16.6. The molecule has 220 valence electrons. The van der Waals surface area contributed by atoms with Crippen LogP contribution in [0.5, 0.6) is 11.5 Å². The van der Waals surface area contributed by atoms with E-state index in [1.165, 1.54) is 32.3 Å². The minimum atomic E-state index is -0.582. The summed E-state index contributed by atoms with van der Waals surface area (Å²) in [5.41, 5.74) is 9.52. The van der Waals surface area contributed by atoms with Crippen LogP contribution in [0.25, 0.3) is 55.4 Å². The lowest BCUT2D eigenvalue weighted by Gasteiger charge is -2.39. The van der Waals surface area contributed by atoms with Crippen LogP contribution in [0.15, 0.2) is 151 Å². The second-order valence-electron chi connectivity index (χ2n) is 12.0. The molecule has 0 atom stereocenters. The van der Waals surface area contributed by atoms with Gasteiger partial charge in [0, 0.05) is 38.1 Å². The van der Waals surface area contributed by atoms with Gasteiger partial charge in [0.2, 0.25) is 0 Å². The first kappa shape index (κ1) is 26.3. The molecule has 10 rings (SSSR count). The van der Waals surface area contributed by atoms with Gasteiger partial charge in [0.1, 0.15) is 11.5 Å². The van der Waals surface area contributed by atoms with Gasteiger partial charge in [-0.15, -0.1) is 11.3 Å². The summed E-state index contributed by atoms with van der Waals surface area (Å²) < 4.78 is 7.88. The van der Waals surface area contributed by atoms with Crippen molar-refractivity contribution in [1.82, 2.24) is 15.0 Å². The highest BCUT2D eigenvalue weighted by Crippen LogP contribution is 2.63. The van der Waals surface area contributed by atoms with Crippen LogP contribution in [-0.4, -0.2) is 15.0 Å². The number of rotatable bonds is 3. The molecular weight excluding hydrogens is 595 g/mol. The minimum absolute atomic E-state index is 0.582. The van der Waals surface area contributed by atoms with E-state index in [2.05, 4.69) is 90.3 Å². The van der Waals surface area contributed by atoms with Gasteiger partial charge in [-0.25, -0.2) is 15.0 Å². The Hall–Kier alpha value is -5.91. The molecule has 2 aliphatic rings. The lowest BCUT2D eigenvalue weighted by molar-refractivity contribution is 0.436. The Morgan fingerprint density at radius 1 is 0.468 bits per heavy atom. The maximum absolute atomic E-state index is 6.58. The molecule has 0 fully saturated rings. The van der Waals surface area contributed by atoms with Gasteiger partial charge < -0.3 is 4.74 Å². The number of fused-ring (bicyclic) bond motifs is 11. The second-order valence-corrected chi connectivity index (χ2v) is 12.9. The Morgan fingerprint density at radius 3 is 1.68 bits per heavy atom. The molecule has 6 aromatic carbocycles. The monoisotopic (exact) mass is 619 g/mol. The van der Waals surface area contributed by atoms with Gasteiger partial charge >= 0.3 is 0 Å². The van der Waals surface area contributed by atoms with Crippen LogP contribution in [0.1, 0.15) is 22.3 Å². The molecule has 4 nitrogen and oxygen atoms in total. The first-order valence-electron chi connectivity index (χ1n) is 15.7. The fourth-order valence-corrected chi connectivity index (χ4v) is 8.44. The molecule has 8 aromatic rings. The largest absolute Gasteiger partial charge is 0.457 e. The molecule has 47 heavy (non-hydrogen) atoms. The summed E-state index contributed by atoms with van der Waals surface area (Å²) in [7, 11) is 0. The average Bonchev–Trinajstić information content (AvgIpc) is 3.74. The summed E-state index contributed by atoms with van der Waals surface area (Å²) in [6.45, 7) is 0. The number of ether oxygens (including phenoxy) is 1. The maximum atomic E-state index is 6.58. The molecule has 0 bridgehead atoms. The van der Waals surface area contributed by atoms with E-state index in [9.17, 15) is 0 Å². The zero-order chi connectivity index (χ0) is 31.0. The van der Waals surface area contributed by atoms with Gasteiger partial charge in [0.25, 0.3) is 0 Å². The third-order valence-corrected chi connectivity index (χ3v) is 10.4. The van der Waals surface area contributed by atoms with Gasteiger partial charge in [0.05, 0.1) is 5.41 Å². The predicted molar refractivity (Wildman–Crippen MR) is 189 cm³/mol. The van der Waals surface area contributed by atoms with E-state index in [4.69, 9.17) is 19.7 Å². The molecule has 0 saturated heterocycles. The molecule has 0 radical (unpaired) electrons. The molecule has 1 aliphatic carbocycles. The van der Waals surface area contributed by atoms with Crippen molar-refractivity contribution in [3.05, 3.63) is 173 Å². The predicted octanol–water partition coefficient (Wildman–Crippen LogP) is 10.6. The highest BCUT2D eigenvalue weighted by Gasteiger charge is 2.51. The first-order chi connectivity index (χ1) is 23.3. The van der Waals surface area contributed by atoms with Gasteiger partial charge in [-0.05, 0) is 51.7 Å². The molecule has 0 unspecified atom stereocenters. The Balaban J connectivity index is 1.29. The summed E-state index contributed by atoms with van der Waals surface area (Å²) in [4.78, 5) is 15.1. The average molecular weight is 620 g/mol. The zero-order valence-corrected chi connectivity index (χ0v) is 25.9. The van der Waals surface area contributed by atoms with Gasteiger partial charge in [0.15, 0.2) is 17.5 Å². The Bertz CT molecular complexity index is 2400. The second kappa shape index (κ2) is 10.0.